The minimum Gasteiger partial charge on any atom is -0.398 e. The summed E-state index contributed by atoms with van der Waals surface area (Å²) in [4.78, 5) is 7.37. The van der Waals surface area contributed by atoms with Crippen LogP contribution in [0.4, 0.5) is 15.9 Å². The van der Waals surface area contributed by atoms with E-state index < -0.39 is 16.4 Å². The third-order valence-corrected chi connectivity index (χ3v) is 9.62. The van der Waals surface area contributed by atoms with Gasteiger partial charge in [-0.3, -0.25) is 9.11 Å². The zero-order chi connectivity index (χ0) is 27.2. The van der Waals surface area contributed by atoms with Crippen molar-refractivity contribution in [2.75, 3.05) is 36.1 Å². The molecule has 4 aromatic rings. The van der Waals surface area contributed by atoms with Gasteiger partial charge in [0.2, 0.25) is 0 Å². The molecule has 7 nitrogen and oxygen atoms in total. The molecule has 1 aromatic heterocycles. The van der Waals surface area contributed by atoms with Crippen molar-refractivity contribution in [1.82, 2.24) is 10.3 Å². The molecule has 0 radical (unpaired) electrons. The molecular weight excluding hydrogens is 539 g/mol. The summed E-state index contributed by atoms with van der Waals surface area (Å²) in [5.41, 5.74) is 10.3. The van der Waals surface area contributed by atoms with Crippen molar-refractivity contribution in [3.63, 3.8) is 0 Å². The van der Waals surface area contributed by atoms with Crippen molar-refractivity contribution in [2.45, 2.75) is 29.9 Å². The van der Waals surface area contributed by atoms with Gasteiger partial charge in [0.15, 0.2) is 0 Å². The SMILES string of the molecule is Nc1c(CC2(NCc3ccccc3)COC2)c(N2CCS(O)(O)c3ccc(F)cc3C2)nc2ccc(Cl)cc12. The second-order valence-electron chi connectivity index (χ2n) is 10.3. The predicted molar refractivity (Wildman–Crippen MR) is 155 cm³/mol. The highest BCUT2D eigenvalue weighted by molar-refractivity contribution is 8.24. The molecule has 0 saturated carbocycles. The van der Waals surface area contributed by atoms with E-state index in [9.17, 15) is 13.5 Å². The van der Waals surface area contributed by atoms with Crippen LogP contribution in [0, 0.1) is 5.82 Å². The third kappa shape index (κ3) is 5.18. The Hall–Kier alpha value is -2.92. The highest BCUT2D eigenvalue weighted by Crippen LogP contribution is 2.52. The lowest BCUT2D eigenvalue weighted by molar-refractivity contribution is -0.0748. The van der Waals surface area contributed by atoms with E-state index in [4.69, 9.17) is 27.1 Å². The monoisotopic (exact) mass is 568 g/mol. The Balaban J connectivity index is 1.42. The molecule has 10 heteroatoms. The van der Waals surface area contributed by atoms with Gasteiger partial charge in [-0.15, -0.1) is 0 Å². The van der Waals surface area contributed by atoms with E-state index in [1.54, 1.807) is 6.07 Å². The number of ether oxygens (including phenoxy) is 1. The van der Waals surface area contributed by atoms with Crippen LogP contribution in [-0.2, 0) is 24.2 Å². The van der Waals surface area contributed by atoms with E-state index in [0.29, 0.717) is 65.2 Å². The summed E-state index contributed by atoms with van der Waals surface area (Å²) in [7, 11) is -3.09. The first-order valence-electron chi connectivity index (χ1n) is 12.8. The zero-order valence-corrected chi connectivity index (χ0v) is 22.8. The van der Waals surface area contributed by atoms with Crippen molar-refractivity contribution in [3.05, 3.63) is 94.3 Å². The van der Waals surface area contributed by atoms with Crippen molar-refractivity contribution in [1.29, 1.82) is 0 Å². The summed E-state index contributed by atoms with van der Waals surface area (Å²) in [5, 5.41) is 5.00. The molecule has 0 aliphatic carbocycles. The Morgan fingerprint density at radius 2 is 1.90 bits per heavy atom. The van der Waals surface area contributed by atoms with Crippen LogP contribution in [0.15, 0.2) is 71.6 Å². The van der Waals surface area contributed by atoms with Crippen molar-refractivity contribution < 1.29 is 18.2 Å². The maximum absolute atomic E-state index is 14.3. The number of halogens is 2. The first kappa shape index (κ1) is 26.3. The molecule has 0 bridgehead atoms. The van der Waals surface area contributed by atoms with Gasteiger partial charge >= 0.3 is 0 Å². The van der Waals surface area contributed by atoms with E-state index in [1.807, 2.05) is 35.2 Å². The molecule has 204 valence electrons. The minimum atomic E-state index is -3.09. The Bertz CT molecular complexity index is 1530. The molecule has 0 atom stereocenters. The summed E-state index contributed by atoms with van der Waals surface area (Å²) in [6, 6.07) is 19.7. The smallest absolute Gasteiger partial charge is 0.134 e. The summed E-state index contributed by atoms with van der Waals surface area (Å²) in [6.45, 7) is 2.28. The maximum atomic E-state index is 14.3. The molecule has 0 amide bonds. The highest BCUT2D eigenvalue weighted by atomic mass is 35.5. The van der Waals surface area contributed by atoms with E-state index >= 15 is 0 Å². The number of fused-ring (bicyclic) bond motifs is 2. The van der Waals surface area contributed by atoms with Crippen LogP contribution in [0.2, 0.25) is 5.02 Å². The summed E-state index contributed by atoms with van der Waals surface area (Å²) in [5.74, 6) is 0.316. The number of hydrogen-bond donors (Lipinski definition) is 4. The number of aromatic nitrogens is 1. The number of hydrogen-bond acceptors (Lipinski definition) is 7. The second-order valence-corrected chi connectivity index (χ2v) is 12.9. The number of nitrogens with two attached hydrogens (primary N) is 1. The van der Waals surface area contributed by atoms with Crippen LogP contribution in [0.1, 0.15) is 16.7 Å². The number of nitrogens with zero attached hydrogens (tertiary/aromatic N) is 2. The predicted octanol–water partition coefficient (Wildman–Crippen LogP) is 5.84. The van der Waals surface area contributed by atoms with Crippen LogP contribution in [0.5, 0.6) is 0 Å². The first-order valence-corrected chi connectivity index (χ1v) is 14.9. The van der Waals surface area contributed by atoms with Crippen LogP contribution < -0.4 is 16.0 Å². The standard InChI is InChI=1S/C29H30ClFN4O3S/c30-21-6-8-25-23(13-21)27(32)24(14-29(17-38-18-29)33-15-19-4-2-1-3-5-19)28(34-25)35-10-11-39(36,37)26-9-7-22(31)12-20(26)16-35/h1-9,12-13,33,36-37H,10-11,14-18H2,(H2,32,34). The average molecular weight is 569 g/mol. The fourth-order valence-corrected chi connectivity index (χ4v) is 7.06. The van der Waals surface area contributed by atoms with E-state index in [2.05, 4.69) is 17.4 Å². The Morgan fingerprint density at radius 3 is 2.64 bits per heavy atom. The van der Waals surface area contributed by atoms with Gasteiger partial charge in [0, 0.05) is 47.7 Å². The van der Waals surface area contributed by atoms with Gasteiger partial charge in [-0.2, -0.15) is 10.6 Å². The maximum Gasteiger partial charge on any atom is 0.134 e. The second kappa shape index (κ2) is 10.2. The highest BCUT2D eigenvalue weighted by Gasteiger charge is 2.40. The Kier molecular flexibility index (Phi) is 6.91. The molecule has 3 heterocycles. The molecule has 0 unspecified atom stereocenters. The van der Waals surface area contributed by atoms with Crippen LogP contribution in [0.3, 0.4) is 0 Å². The van der Waals surface area contributed by atoms with Crippen LogP contribution in [0.25, 0.3) is 10.9 Å². The van der Waals surface area contributed by atoms with Gasteiger partial charge in [0.05, 0.1) is 34.9 Å². The first-order chi connectivity index (χ1) is 18.7. The number of nitrogen functional groups attached to an aromatic ring is 1. The zero-order valence-electron chi connectivity index (χ0n) is 21.2. The van der Waals surface area contributed by atoms with Crippen molar-refractivity contribution in [3.8, 4) is 0 Å². The molecular formula is C29H30ClFN4O3S. The fourth-order valence-electron chi connectivity index (χ4n) is 5.36. The van der Waals surface area contributed by atoms with E-state index in [0.717, 1.165) is 16.5 Å². The van der Waals surface area contributed by atoms with E-state index in [1.165, 1.54) is 18.2 Å². The molecule has 5 N–H and O–H groups in total. The minimum absolute atomic E-state index is 0.103. The summed E-state index contributed by atoms with van der Waals surface area (Å²) >= 11 is 6.33. The van der Waals surface area contributed by atoms with Crippen molar-refractivity contribution >= 4 is 44.6 Å². The lowest BCUT2D eigenvalue weighted by Crippen LogP contribution is -2.61. The van der Waals surface area contributed by atoms with Gasteiger partial charge in [0.25, 0.3) is 0 Å². The third-order valence-electron chi connectivity index (χ3n) is 7.53. The lowest BCUT2D eigenvalue weighted by atomic mass is 9.87. The Labute approximate surface area is 233 Å². The fraction of sp³-hybridized carbons (Fsp3) is 0.276. The molecule has 0 spiro atoms. The topological polar surface area (TPSA) is 104 Å². The van der Waals surface area contributed by atoms with Gasteiger partial charge in [-0.05, 0) is 47.5 Å². The normalized spacial score (nSPS) is 18.7. The molecule has 2 aliphatic heterocycles. The van der Waals surface area contributed by atoms with E-state index in [-0.39, 0.29) is 17.8 Å². The number of pyridine rings is 1. The number of rotatable bonds is 6. The summed E-state index contributed by atoms with van der Waals surface area (Å²) in [6.07, 6.45) is 0.541. The quantitative estimate of drug-likeness (QED) is 0.232. The molecule has 6 rings (SSSR count). The molecule has 1 saturated heterocycles. The average Bonchev–Trinajstić information content (AvgIpc) is 3.02. The molecule has 39 heavy (non-hydrogen) atoms. The lowest BCUT2D eigenvalue weighted by Gasteiger charge is -2.43. The summed E-state index contributed by atoms with van der Waals surface area (Å²) < 4.78 is 41.7. The number of benzene rings is 3. The van der Waals surface area contributed by atoms with Crippen LogP contribution in [-0.4, -0.2) is 45.1 Å². The van der Waals surface area contributed by atoms with Gasteiger partial charge in [-0.1, -0.05) is 41.9 Å². The van der Waals surface area contributed by atoms with Crippen LogP contribution >= 0.6 is 22.2 Å². The largest absolute Gasteiger partial charge is 0.398 e. The van der Waals surface area contributed by atoms with Gasteiger partial charge < -0.3 is 20.7 Å². The van der Waals surface area contributed by atoms with Gasteiger partial charge in [0.1, 0.15) is 11.6 Å². The number of nitrogens with one attached hydrogen (secondary N) is 1. The van der Waals surface area contributed by atoms with Gasteiger partial charge in [-0.25, -0.2) is 9.37 Å². The molecule has 3 aromatic carbocycles. The Morgan fingerprint density at radius 1 is 1.10 bits per heavy atom. The number of anilines is 2. The molecule has 2 aliphatic rings. The molecule has 1 fully saturated rings. The van der Waals surface area contributed by atoms with Crippen molar-refractivity contribution in [2.24, 2.45) is 0 Å².